The molecule has 4 rings (SSSR count). The summed E-state index contributed by atoms with van der Waals surface area (Å²) >= 11 is 0.824. The molecule has 0 N–H and O–H groups in total. The maximum absolute atomic E-state index is 13.0. The van der Waals surface area contributed by atoms with Crippen molar-refractivity contribution in [1.82, 2.24) is 14.8 Å². The highest BCUT2D eigenvalue weighted by atomic mass is 32.2. The average molecular weight is 397 g/mol. The fraction of sp³-hybridized carbons (Fsp3) is 0.300. The third-order valence-corrected chi connectivity index (χ3v) is 5.78. The smallest absolute Gasteiger partial charge is 0.294 e. The van der Waals surface area contributed by atoms with Gasteiger partial charge < -0.3 is 9.32 Å². The van der Waals surface area contributed by atoms with E-state index in [2.05, 4.69) is 4.98 Å². The Balaban J connectivity index is 1.49. The molecule has 0 aromatic carbocycles. The van der Waals surface area contributed by atoms with E-state index in [1.165, 1.54) is 12.3 Å². The number of piperidine rings is 1. The molecule has 28 heavy (non-hydrogen) atoms. The van der Waals surface area contributed by atoms with Gasteiger partial charge in [0.15, 0.2) is 0 Å². The first kappa shape index (κ1) is 18.5. The van der Waals surface area contributed by atoms with Crippen molar-refractivity contribution >= 4 is 34.9 Å². The summed E-state index contributed by atoms with van der Waals surface area (Å²) < 4.78 is 5.20. The van der Waals surface area contributed by atoms with Gasteiger partial charge in [-0.1, -0.05) is 6.07 Å². The number of hydrogen-bond acceptors (Lipinski definition) is 6. The van der Waals surface area contributed by atoms with Crippen molar-refractivity contribution in [3.05, 3.63) is 59.2 Å². The van der Waals surface area contributed by atoms with Crippen LogP contribution in [0.4, 0.5) is 4.79 Å². The molecule has 3 amide bonds. The van der Waals surface area contributed by atoms with E-state index >= 15 is 0 Å². The van der Waals surface area contributed by atoms with Crippen LogP contribution in [0.2, 0.25) is 0 Å². The minimum atomic E-state index is -0.463. The van der Waals surface area contributed by atoms with E-state index in [4.69, 9.17) is 4.42 Å². The van der Waals surface area contributed by atoms with Crippen LogP contribution in [0.25, 0.3) is 6.08 Å². The maximum Gasteiger partial charge on any atom is 0.294 e. The predicted octanol–water partition coefficient (Wildman–Crippen LogP) is 3.46. The Morgan fingerprint density at radius 2 is 2.18 bits per heavy atom. The van der Waals surface area contributed by atoms with Gasteiger partial charge in [0.2, 0.25) is 5.91 Å². The predicted molar refractivity (Wildman–Crippen MR) is 104 cm³/mol. The number of furan rings is 1. The molecule has 2 aromatic heterocycles. The molecule has 2 fully saturated rings. The SMILES string of the molecule is O=C1S/C(=C/c2ccco2)C(=O)N1CC(=O)N1CCCC[C@@H]1c1cccnc1. The molecule has 2 aromatic rings. The Bertz CT molecular complexity index is 911. The Morgan fingerprint density at radius 3 is 2.93 bits per heavy atom. The lowest BCUT2D eigenvalue weighted by atomic mass is 9.96. The van der Waals surface area contributed by atoms with Crippen LogP contribution >= 0.6 is 11.8 Å². The number of pyridine rings is 1. The van der Waals surface area contributed by atoms with Crippen LogP contribution in [0.5, 0.6) is 0 Å². The molecule has 8 heteroatoms. The van der Waals surface area contributed by atoms with Crippen LogP contribution < -0.4 is 0 Å². The minimum Gasteiger partial charge on any atom is -0.465 e. The van der Waals surface area contributed by atoms with Gasteiger partial charge in [0.25, 0.3) is 11.1 Å². The van der Waals surface area contributed by atoms with E-state index in [9.17, 15) is 14.4 Å². The zero-order valence-corrected chi connectivity index (χ0v) is 15.9. The zero-order chi connectivity index (χ0) is 19.5. The van der Waals surface area contributed by atoms with Gasteiger partial charge in [-0.2, -0.15) is 0 Å². The van der Waals surface area contributed by atoms with Crippen LogP contribution in [0.3, 0.4) is 0 Å². The zero-order valence-electron chi connectivity index (χ0n) is 15.1. The molecule has 4 heterocycles. The van der Waals surface area contributed by atoms with Gasteiger partial charge in [-0.15, -0.1) is 0 Å². The Labute approximate surface area is 166 Å². The van der Waals surface area contributed by atoms with Crippen LogP contribution in [0, 0.1) is 0 Å². The summed E-state index contributed by atoms with van der Waals surface area (Å²) in [5, 5.41) is -0.439. The topological polar surface area (TPSA) is 83.7 Å². The highest BCUT2D eigenvalue weighted by Gasteiger charge is 2.38. The molecule has 7 nitrogen and oxygen atoms in total. The number of nitrogens with zero attached hydrogens (tertiary/aromatic N) is 3. The number of thioether (sulfide) groups is 1. The Morgan fingerprint density at radius 1 is 1.29 bits per heavy atom. The van der Waals surface area contributed by atoms with Gasteiger partial charge in [0.05, 0.1) is 17.2 Å². The van der Waals surface area contributed by atoms with Crippen LogP contribution in [0.15, 0.2) is 52.2 Å². The first-order valence-corrected chi connectivity index (χ1v) is 9.93. The summed E-state index contributed by atoms with van der Waals surface area (Å²) in [7, 11) is 0. The van der Waals surface area contributed by atoms with Gasteiger partial charge in [-0.25, -0.2) is 0 Å². The van der Waals surface area contributed by atoms with Crippen LogP contribution in [0.1, 0.15) is 36.6 Å². The molecule has 0 spiro atoms. The van der Waals surface area contributed by atoms with Crippen molar-refractivity contribution in [2.75, 3.05) is 13.1 Å². The van der Waals surface area contributed by atoms with Gasteiger partial charge in [0, 0.05) is 25.0 Å². The lowest BCUT2D eigenvalue weighted by molar-refractivity contribution is -0.138. The van der Waals surface area contributed by atoms with Crippen molar-refractivity contribution < 1.29 is 18.8 Å². The van der Waals surface area contributed by atoms with Crippen molar-refractivity contribution in [3.8, 4) is 0 Å². The lowest BCUT2D eigenvalue weighted by Crippen LogP contribution is -2.45. The number of carbonyl (C=O) groups excluding carboxylic acids is 3. The van der Waals surface area contributed by atoms with Gasteiger partial charge >= 0.3 is 0 Å². The second kappa shape index (κ2) is 8.02. The van der Waals surface area contributed by atoms with Gasteiger partial charge in [0.1, 0.15) is 12.3 Å². The number of aromatic nitrogens is 1. The second-order valence-electron chi connectivity index (χ2n) is 6.67. The quantitative estimate of drug-likeness (QED) is 0.735. The highest BCUT2D eigenvalue weighted by molar-refractivity contribution is 8.18. The third kappa shape index (κ3) is 3.73. The fourth-order valence-electron chi connectivity index (χ4n) is 3.51. The van der Waals surface area contributed by atoms with E-state index in [0.29, 0.717) is 12.3 Å². The summed E-state index contributed by atoms with van der Waals surface area (Å²) in [6.07, 6.45) is 9.26. The molecule has 2 aliphatic heterocycles. The van der Waals surface area contributed by atoms with E-state index in [-0.39, 0.29) is 23.4 Å². The van der Waals surface area contributed by atoms with E-state index in [1.807, 2.05) is 12.1 Å². The number of hydrogen-bond donors (Lipinski definition) is 0. The Kier molecular flexibility index (Phi) is 5.29. The average Bonchev–Trinajstić information content (AvgIpc) is 3.33. The van der Waals surface area contributed by atoms with Crippen molar-refractivity contribution in [3.63, 3.8) is 0 Å². The van der Waals surface area contributed by atoms with E-state index < -0.39 is 11.1 Å². The lowest BCUT2D eigenvalue weighted by Gasteiger charge is -2.36. The molecule has 0 aliphatic carbocycles. The largest absolute Gasteiger partial charge is 0.465 e. The number of likely N-dealkylation sites (tertiary alicyclic amines) is 1. The number of carbonyl (C=O) groups is 3. The molecule has 0 saturated carbocycles. The molecular formula is C20H19N3O4S. The molecule has 2 saturated heterocycles. The van der Waals surface area contributed by atoms with Gasteiger partial charge in [-0.05, 0) is 54.8 Å². The highest BCUT2D eigenvalue weighted by Crippen LogP contribution is 2.34. The molecule has 2 aliphatic rings. The summed E-state index contributed by atoms with van der Waals surface area (Å²) in [6.45, 7) is 0.355. The molecule has 0 unspecified atom stereocenters. The first-order chi connectivity index (χ1) is 13.6. The molecular weight excluding hydrogens is 378 g/mol. The summed E-state index contributed by atoms with van der Waals surface area (Å²) in [5.41, 5.74) is 0.974. The van der Waals surface area contributed by atoms with E-state index in [0.717, 1.165) is 41.5 Å². The summed E-state index contributed by atoms with van der Waals surface area (Å²) in [4.78, 5) is 45.1. The number of imide groups is 1. The van der Waals surface area contributed by atoms with Crippen LogP contribution in [-0.4, -0.2) is 44.9 Å². The van der Waals surface area contributed by atoms with E-state index in [1.54, 1.807) is 29.4 Å². The third-order valence-electron chi connectivity index (χ3n) is 4.88. The second-order valence-corrected chi connectivity index (χ2v) is 7.66. The Hall–Kier alpha value is -2.87. The minimum absolute atomic E-state index is 0.0754. The van der Waals surface area contributed by atoms with Crippen molar-refractivity contribution in [1.29, 1.82) is 0 Å². The molecule has 0 bridgehead atoms. The normalized spacial score (nSPS) is 21.6. The number of amides is 3. The molecule has 0 radical (unpaired) electrons. The first-order valence-electron chi connectivity index (χ1n) is 9.12. The van der Waals surface area contributed by atoms with Crippen molar-refractivity contribution in [2.24, 2.45) is 0 Å². The monoisotopic (exact) mass is 397 g/mol. The van der Waals surface area contributed by atoms with Crippen LogP contribution in [-0.2, 0) is 9.59 Å². The fourth-order valence-corrected chi connectivity index (χ4v) is 4.33. The van der Waals surface area contributed by atoms with Gasteiger partial charge in [-0.3, -0.25) is 24.3 Å². The summed E-state index contributed by atoms with van der Waals surface area (Å²) in [5.74, 6) is -0.200. The summed E-state index contributed by atoms with van der Waals surface area (Å²) in [6, 6.07) is 7.13. The number of rotatable bonds is 4. The standard InChI is InChI=1S/C20H19N3O4S/c24-18(22-9-2-1-7-16(22)14-5-3-8-21-12-14)13-23-19(25)17(28-20(23)26)11-15-6-4-10-27-15/h3-6,8,10-12,16H,1-2,7,9,13H2/b17-11+/t16-/m1/s1. The van der Waals surface area contributed by atoms with Crippen molar-refractivity contribution in [2.45, 2.75) is 25.3 Å². The molecule has 144 valence electrons. The maximum atomic E-state index is 13.0. The molecule has 1 atom stereocenters.